The summed E-state index contributed by atoms with van der Waals surface area (Å²) in [4.78, 5) is 24.1. The highest BCUT2D eigenvalue weighted by atomic mass is 16.6. The summed E-state index contributed by atoms with van der Waals surface area (Å²) in [5, 5.41) is 19.3. The molecule has 2 rings (SSSR count). The van der Waals surface area contributed by atoms with E-state index in [1.165, 1.54) is 24.3 Å². The molecule has 0 aliphatic rings. The highest BCUT2D eigenvalue weighted by Crippen LogP contribution is 2.30. The van der Waals surface area contributed by atoms with Crippen LogP contribution in [0.3, 0.4) is 0 Å². The quantitative estimate of drug-likeness (QED) is 0.652. The molecule has 0 aliphatic carbocycles. The van der Waals surface area contributed by atoms with Gasteiger partial charge >= 0.3 is 17.7 Å². The summed E-state index contributed by atoms with van der Waals surface area (Å²) in [6, 6.07) is 5.60. The second-order valence-corrected chi connectivity index (χ2v) is 3.13. The topological polar surface area (TPSA) is 116 Å². The fourth-order valence-electron chi connectivity index (χ4n) is 1.19. The van der Waals surface area contributed by atoms with Crippen molar-refractivity contribution in [1.82, 2.24) is 4.98 Å². The summed E-state index contributed by atoms with van der Waals surface area (Å²) in [7, 11) is 0. The van der Waals surface area contributed by atoms with Crippen LogP contribution in [0.25, 0.3) is 0 Å². The van der Waals surface area contributed by atoms with E-state index in [0.717, 1.165) is 6.26 Å². The van der Waals surface area contributed by atoms with Gasteiger partial charge in [-0.3, -0.25) is 10.1 Å². The first-order chi connectivity index (χ1) is 8.58. The summed E-state index contributed by atoms with van der Waals surface area (Å²) in [6.45, 7) is 0. The van der Waals surface area contributed by atoms with Gasteiger partial charge in [0.15, 0.2) is 5.69 Å². The maximum absolute atomic E-state index is 10.7. The number of ether oxygens (including phenoxy) is 1. The number of carbonyl (C=O) groups is 1. The Labute approximate surface area is 99.6 Å². The van der Waals surface area contributed by atoms with Crippen molar-refractivity contribution < 1.29 is 24.0 Å². The zero-order valence-electron chi connectivity index (χ0n) is 8.77. The van der Waals surface area contributed by atoms with Gasteiger partial charge in [-0.25, -0.2) is 4.79 Å². The van der Waals surface area contributed by atoms with Crippen LogP contribution in [0.1, 0.15) is 10.5 Å². The summed E-state index contributed by atoms with van der Waals surface area (Å²) in [5.74, 6) is -1.36. The number of aromatic carboxylic acids is 1. The molecule has 18 heavy (non-hydrogen) atoms. The molecule has 0 unspecified atom stereocenters. The molecule has 8 heteroatoms. The number of carboxylic acids is 1. The van der Waals surface area contributed by atoms with Crippen LogP contribution >= 0.6 is 0 Å². The summed E-state index contributed by atoms with van der Waals surface area (Å²) in [5.41, 5.74) is -0.615. The maximum atomic E-state index is 10.7. The second kappa shape index (κ2) is 4.53. The van der Waals surface area contributed by atoms with Gasteiger partial charge in [0.1, 0.15) is 6.26 Å². The lowest BCUT2D eigenvalue weighted by Gasteiger charge is -2.00. The fraction of sp³-hybridized carbons (Fsp3) is 0. The molecule has 0 amide bonds. The Morgan fingerprint density at radius 3 is 2.78 bits per heavy atom. The molecule has 0 saturated heterocycles. The number of para-hydroxylation sites is 2. The minimum absolute atomic E-state index is 0.0821. The number of oxazole rings is 1. The Morgan fingerprint density at radius 2 is 2.17 bits per heavy atom. The molecule has 8 nitrogen and oxygen atoms in total. The van der Waals surface area contributed by atoms with E-state index in [4.69, 9.17) is 14.3 Å². The molecule has 0 aliphatic heterocycles. The Morgan fingerprint density at radius 1 is 1.44 bits per heavy atom. The van der Waals surface area contributed by atoms with Crippen LogP contribution < -0.4 is 4.74 Å². The van der Waals surface area contributed by atoms with Gasteiger partial charge in [0.25, 0.3) is 0 Å². The SMILES string of the molecule is O=C(O)c1coc(Oc2ccccc2[N+](=O)[O-])n1. The molecule has 0 saturated carbocycles. The number of hydrogen-bond donors (Lipinski definition) is 1. The Bertz CT molecular complexity index is 606. The Hall–Kier alpha value is -2.90. The van der Waals surface area contributed by atoms with Crippen molar-refractivity contribution in [2.45, 2.75) is 0 Å². The van der Waals surface area contributed by atoms with E-state index in [2.05, 4.69) is 4.98 Å². The van der Waals surface area contributed by atoms with Gasteiger partial charge in [-0.2, -0.15) is 4.98 Å². The van der Waals surface area contributed by atoms with E-state index in [1.807, 2.05) is 0 Å². The minimum Gasteiger partial charge on any atom is -0.476 e. The van der Waals surface area contributed by atoms with Crippen LogP contribution in [0.2, 0.25) is 0 Å². The van der Waals surface area contributed by atoms with Crippen molar-refractivity contribution in [2.75, 3.05) is 0 Å². The fourth-order valence-corrected chi connectivity index (χ4v) is 1.19. The van der Waals surface area contributed by atoms with Crippen LogP contribution in [0.15, 0.2) is 34.9 Å². The summed E-state index contributed by atoms with van der Waals surface area (Å²) >= 11 is 0. The molecule has 0 bridgehead atoms. The van der Waals surface area contributed by atoms with Gasteiger partial charge in [-0.05, 0) is 6.07 Å². The van der Waals surface area contributed by atoms with Gasteiger partial charge in [-0.15, -0.1) is 0 Å². The first-order valence-electron chi connectivity index (χ1n) is 4.68. The molecule has 0 radical (unpaired) electrons. The third-order valence-electron chi connectivity index (χ3n) is 1.96. The molecule has 1 aromatic heterocycles. The minimum atomic E-state index is -1.28. The second-order valence-electron chi connectivity index (χ2n) is 3.13. The number of nitro benzene ring substituents is 1. The van der Waals surface area contributed by atoms with E-state index in [0.29, 0.717) is 0 Å². The molecule has 0 spiro atoms. The highest BCUT2D eigenvalue weighted by molar-refractivity contribution is 5.84. The van der Waals surface area contributed by atoms with Gasteiger partial charge in [0, 0.05) is 6.07 Å². The predicted molar refractivity (Wildman–Crippen MR) is 56.6 cm³/mol. The van der Waals surface area contributed by atoms with Crippen LogP contribution in [-0.4, -0.2) is 21.0 Å². The van der Waals surface area contributed by atoms with Gasteiger partial charge in [-0.1, -0.05) is 12.1 Å². The van der Waals surface area contributed by atoms with Crippen LogP contribution in [0, 0.1) is 10.1 Å². The molecule has 0 atom stereocenters. The number of aromatic nitrogens is 1. The molecule has 1 aromatic carbocycles. The average molecular weight is 250 g/mol. The summed E-state index contributed by atoms with van der Waals surface area (Å²) < 4.78 is 9.75. The zero-order chi connectivity index (χ0) is 13.1. The van der Waals surface area contributed by atoms with Crippen LogP contribution in [-0.2, 0) is 0 Å². The van der Waals surface area contributed by atoms with E-state index in [-0.39, 0.29) is 23.2 Å². The molecule has 1 heterocycles. The lowest BCUT2D eigenvalue weighted by atomic mass is 10.3. The van der Waals surface area contributed by atoms with Crippen molar-refractivity contribution in [3.05, 3.63) is 46.3 Å². The number of nitro groups is 1. The standard InChI is InChI=1S/C10H6N2O6/c13-9(14)6-5-17-10(11-6)18-8-4-2-1-3-7(8)12(15)16/h1-5H,(H,13,14). The molecule has 92 valence electrons. The molecular formula is C10H6N2O6. The van der Waals surface area contributed by atoms with Crippen LogP contribution in [0.5, 0.6) is 11.8 Å². The van der Waals surface area contributed by atoms with Gasteiger partial charge in [0.2, 0.25) is 5.75 Å². The van der Waals surface area contributed by atoms with Crippen molar-refractivity contribution in [1.29, 1.82) is 0 Å². The number of carboxylic acid groups (broad SMARTS) is 1. The molecule has 1 N–H and O–H groups in total. The van der Waals surface area contributed by atoms with E-state index in [1.54, 1.807) is 0 Å². The third-order valence-corrected chi connectivity index (χ3v) is 1.96. The van der Waals surface area contributed by atoms with E-state index in [9.17, 15) is 14.9 Å². The smallest absolute Gasteiger partial charge is 0.400 e. The van der Waals surface area contributed by atoms with Crippen molar-refractivity contribution in [3.8, 4) is 11.8 Å². The molecule has 2 aromatic rings. The summed E-state index contributed by atoms with van der Waals surface area (Å²) in [6.07, 6.45) is 0.508. The average Bonchev–Trinajstić information content (AvgIpc) is 2.78. The monoisotopic (exact) mass is 250 g/mol. The molecular weight excluding hydrogens is 244 g/mol. The van der Waals surface area contributed by atoms with Gasteiger partial charge < -0.3 is 14.3 Å². The largest absolute Gasteiger partial charge is 0.476 e. The van der Waals surface area contributed by atoms with Crippen molar-refractivity contribution in [3.63, 3.8) is 0 Å². The van der Waals surface area contributed by atoms with Crippen LogP contribution in [0.4, 0.5) is 5.69 Å². The third kappa shape index (κ3) is 2.26. The lowest BCUT2D eigenvalue weighted by Crippen LogP contribution is -1.96. The maximum Gasteiger partial charge on any atom is 0.400 e. The number of hydrogen-bond acceptors (Lipinski definition) is 6. The van der Waals surface area contributed by atoms with Gasteiger partial charge in [0.05, 0.1) is 4.92 Å². The lowest BCUT2D eigenvalue weighted by molar-refractivity contribution is -0.385. The van der Waals surface area contributed by atoms with E-state index < -0.39 is 10.9 Å². The zero-order valence-corrected chi connectivity index (χ0v) is 8.77. The van der Waals surface area contributed by atoms with Crippen molar-refractivity contribution in [2.24, 2.45) is 0 Å². The van der Waals surface area contributed by atoms with Crippen molar-refractivity contribution >= 4 is 11.7 Å². The normalized spacial score (nSPS) is 10.0. The number of nitrogens with zero attached hydrogens (tertiary/aromatic N) is 2. The Kier molecular flexibility index (Phi) is 2.92. The van der Waals surface area contributed by atoms with E-state index >= 15 is 0 Å². The number of benzene rings is 1. The Balaban J connectivity index is 2.28. The molecule has 0 fully saturated rings. The first kappa shape index (κ1) is 11.6. The first-order valence-corrected chi connectivity index (χ1v) is 4.68. The number of rotatable bonds is 4. The predicted octanol–water partition coefficient (Wildman–Crippen LogP) is 2.07. The highest BCUT2D eigenvalue weighted by Gasteiger charge is 2.18.